The van der Waals surface area contributed by atoms with Gasteiger partial charge in [-0.25, -0.2) is 15.0 Å². The highest BCUT2D eigenvalue weighted by atomic mass is 15.0. The summed E-state index contributed by atoms with van der Waals surface area (Å²) >= 11 is 0. The van der Waals surface area contributed by atoms with Gasteiger partial charge < -0.3 is 9.13 Å². The molecule has 62 heavy (non-hydrogen) atoms. The van der Waals surface area contributed by atoms with E-state index in [-0.39, 0.29) is 0 Å². The normalized spacial score (nSPS) is 11.5. The van der Waals surface area contributed by atoms with Gasteiger partial charge in [0.1, 0.15) is 0 Å². The van der Waals surface area contributed by atoms with Gasteiger partial charge in [0.2, 0.25) is 0 Å². The molecule has 0 bridgehead atoms. The van der Waals surface area contributed by atoms with Crippen LogP contribution in [0.2, 0.25) is 0 Å². The molecule has 0 N–H and O–H groups in total. The summed E-state index contributed by atoms with van der Waals surface area (Å²) in [5.74, 6) is 1.94. The number of rotatable bonds is 7. The first-order chi connectivity index (χ1) is 30.7. The number of fused-ring (bicyclic) bond motifs is 6. The van der Waals surface area contributed by atoms with Crippen molar-refractivity contribution in [1.29, 1.82) is 0 Å². The van der Waals surface area contributed by atoms with Crippen LogP contribution in [0.1, 0.15) is 0 Å². The molecule has 0 radical (unpaired) electrons. The lowest BCUT2D eigenvalue weighted by molar-refractivity contribution is 1.07. The summed E-state index contributed by atoms with van der Waals surface area (Å²) in [5.41, 5.74) is 14.5. The van der Waals surface area contributed by atoms with Crippen LogP contribution in [0.4, 0.5) is 0 Å². The maximum atomic E-state index is 4.95. The minimum Gasteiger partial charge on any atom is -0.309 e. The van der Waals surface area contributed by atoms with Crippen LogP contribution in [-0.2, 0) is 0 Å². The summed E-state index contributed by atoms with van der Waals surface area (Å²) < 4.78 is 4.76. The van der Waals surface area contributed by atoms with Crippen molar-refractivity contribution in [3.63, 3.8) is 0 Å². The molecule has 0 aliphatic rings. The second-order valence-electron chi connectivity index (χ2n) is 15.7. The highest BCUT2D eigenvalue weighted by Gasteiger charge is 2.17. The Labute approximate surface area is 358 Å². The van der Waals surface area contributed by atoms with Crippen molar-refractivity contribution >= 4 is 43.6 Å². The van der Waals surface area contributed by atoms with E-state index >= 15 is 0 Å². The van der Waals surface area contributed by atoms with E-state index < -0.39 is 0 Å². The van der Waals surface area contributed by atoms with Gasteiger partial charge in [0.25, 0.3) is 0 Å². The summed E-state index contributed by atoms with van der Waals surface area (Å²) in [7, 11) is 0. The Balaban J connectivity index is 0.909. The lowest BCUT2D eigenvalue weighted by atomic mass is 10.0. The SMILES string of the molecule is c1ccc(-c2nc(-c3ccccc3)nc(-c3ccc(-c4ccc5c6ccccc6n(-c6ccc(-c7ccc8c(c7)c7ccccc7n8-c7ccccc7)cc6)c5c4)cc3)n2)cc1. The predicted molar refractivity (Wildman–Crippen MR) is 256 cm³/mol. The first-order valence-electron chi connectivity index (χ1n) is 20.9. The van der Waals surface area contributed by atoms with Crippen LogP contribution in [0.5, 0.6) is 0 Å². The summed E-state index contributed by atoms with van der Waals surface area (Å²) in [4.78, 5) is 14.8. The molecular weight excluding hydrogens is 755 g/mol. The molecule has 3 aromatic heterocycles. The van der Waals surface area contributed by atoms with Gasteiger partial charge in [-0.05, 0) is 76.9 Å². The molecule has 0 fully saturated rings. The van der Waals surface area contributed by atoms with E-state index in [1.165, 1.54) is 49.2 Å². The number of hydrogen-bond donors (Lipinski definition) is 0. The van der Waals surface area contributed by atoms with Crippen LogP contribution in [0.25, 0.3) is 111 Å². The molecule has 0 aliphatic carbocycles. The summed E-state index contributed by atoms with van der Waals surface area (Å²) in [5, 5.41) is 4.95. The molecule has 12 rings (SSSR count). The van der Waals surface area contributed by atoms with Gasteiger partial charge >= 0.3 is 0 Å². The second kappa shape index (κ2) is 14.7. The number of benzene rings is 9. The van der Waals surface area contributed by atoms with Crippen molar-refractivity contribution in [2.75, 3.05) is 0 Å². The van der Waals surface area contributed by atoms with Gasteiger partial charge in [0, 0.05) is 49.6 Å². The number of nitrogens with zero attached hydrogens (tertiary/aromatic N) is 5. The molecule has 0 aliphatic heterocycles. The topological polar surface area (TPSA) is 48.5 Å². The maximum Gasteiger partial charge on any atom is 0.164 e. The van der Waals surface area contributed by atoms with E-state index in [1.807, 2.05) is 60.7 Å². The van der Waals surface area contributed by atoms with Gasteiger partial charge in [-0.1, -0.05) is 170 Å². The Hall–Kier alpha value is -8.41. The number of aromatic nitrogens is 5. The largest absolute Gasteiger partial charge is 0.309 e. The average molecular weight is 792 g/mol. The van der Waals surface area contributed by atoms with Gasteiger partial charge in [-0.2, -0.15) is 0 Å². The quantitative estimate of drug-likeness (QED) is 0.162. The molecule has 290 valence electrons. The molecule has 9 aromatic carbocycles. The number of para-hydroxylation sites is 3. The highest BCUT2D eigenvalue weighted by molar-refractivity contribution is 6.11. The van der Waals surface area contributed by atoms with Crippen LogP contribution < -0.4 is 0 Å². The Morgan fingerprint density at radius 1 is 0.226 bits per heavy atom. The minimum absolute atomic E-state index is 0.641. The first kappa shape index (κ1) is 35.5. The summed E-state index contributed by atoms with van der Waals surface area (Å²) in [6, 6.07) is 79.4. The lowest BCUT2D eigenvalue weighted by Crippen LogP contribution is -2.00. The fourth-order valence-electron chi connectivity index (χ4n) is 8.99. The van der Waals surface area contributed by atoms with Crippen molar-refractivity contribution in [1.82, 2.24) is 24.1 Å². The fraction of sp³-hybridized carbons (Fsp3) is 0. The van der Waals surface area contributed by atoms with E-state index in [0.717, 1.165) is 44.7 Å². The molecule has 3 heterocycles. The third-order valence-electron chi connectivity index (χ3n) is 12.0. The van der Waals surface area contributed by atoms with Crippen LogP contribution in [0, 0.1) is 0 Å². The molecular formula is C57H37N5. The van der Waals surface area contributed by atoms with Gasteiger partial charge in [-0.3, -0.25) is 0 Å². The van der Waals surface area contributed by atoms with E-state index in [0.29, 0.717) is 17.5 Å². The molecule has 0 spiro atoms. The molecule has 0 saturated carbocycles. The molecule has 0 amide bonds. The molecule has 12 aromatic rings. The Bertz CT molecular complexity index is 3530. The standard InChI is InChI=1S/C57H37N5/c1-4-14-40(15-5-1)55-58-56(41-16-6-2-7-17-41)60-57(59-55)42-26-24-38(25-27-42)44-30-34-49-47-20-10-12-22-51(47)62(54(49)37-44)46-32-28-39(29-33-46)43-31-35-53-50(36-43)48-21-11-13-23-52(48)61(53)45-18-8-3-9-19-45/h1-37H. The monoisotopic (exact) mass is 791 g/mol. The third kappa shape index (κ3) is 6.06. The Morgan fingerprint density at radius 3 is 1.19 bits per heavy atom. The van der Waals surface area contributed by atoms with Crippen molar-refractivity contribution in [3.8, 4) is 67.8 Å². The average Bonchev–Trinajstić information content (AvgIpc) is 3.87. The van der Waals surface area contributed by atoms with Crippen molar-refractivity contribution in [2.45, 2.75) is 0 Å². The molecule has 0 atom stereocenters. The Morgan fingerprint density at radius 2 is 0.597 bits per heavy atom. The second-order valence-corrected chi connectivity index (χ2v) is 15.7. The highest BCUT2D eigenvalue weighted by Crippen LogP contribution is 2.38. The lowest BCUT2D eigenvalue weighted by Gasteiger charge is -2.11. The van der Waals surface area contributed by atoms with E-state index in [1.54, 1.807) is 0 Å². The summed E-state index contributed by atoms with van der Waals surface area (Å²) in [6.45, 7) is 0. The molecule has 5 heteroatoms. The fourth-order valence-corrected chi connectivity index (χ4v) is 8.99. The van der Waals surface area contributed by atoms with Crippen molar-refractivity contribution in [2.24, 2.45) is 0 Å². The number of hydrogen-bond acceptors (Lipinski definition) is 3. The predicted octanol–water partition coefficient (Wildman–Crippen LogP) is 14.4. The van der Waals surface area contributed by atoms with Crippen LogP contribution >= 0.6 is 0 Å². The Kier molecular flexibility index (Phi) is 8.42. The van der Waals surface area contributed by atoms with E-state index in [2.05, 4.69) is 173 Å². The van der Waals surface area contributed by atoms with Crippen LogP contribution in [-0.4, -0.2) is 24.1 Å². The van der Waals surface area contributed by atoms with Crippen LogP contribution in [0.15, 0.2) is 224 Å². The third-order valence-corrected chi connectivity index (χ3v) is 12.0. The van der Waals surface area contributed by atoms with Gasteiger partial charge in [-0.15, -0.1) is 0 Å². The zero-order chi connectivity index (χ0) is 41.0. The van der Waals surface area contributed by atoms with Crippen LogP contribution in [0.3, 0.4) is 0 Å². The summed E-state index contributed by atoms with van der Waals surface area (Å²) in [6.07, 6.45) is 0. The first-order valence-corrected chi connectivity index (χ1v) is 20.9. The van der Waals surface area contributed by atoms with Crippen molar-refractivity contribution in [3.05, 3.63) is 224 Å². The maximum absolute atomic E-state index is 4.95. The molecule has 5 nitrogen and oxygen atoms in total. The molecule has 0 saturated heterocycles. The molecule has 0 unspecified atom stereocenters. The van der Waals surface area contributed by atoms with E-state index in [4.69, 9.17) is 15.0 Å². The van der Waals surface area contributed by atoms with Gasteiger partial charge in [0.15, 0.2) is 17.5 Å². The minimum atomic E-state index is 0.641. The zero-order valence-corrected chi connectivity index (χ0v) is 33.6. The van der Waals surface area contributed by atoms with Crippen molar-refractivity contribution < 1.29 is 0 Å². The zero-order valence-electron chi connectivity index (χ0n) is 33.6. The smallest absolute Gasteiger partial charge is 0.164 e. The van der Waals surface area contributed by atoms with Gasteiger partial charge in [0.05, 0.1) is 22.1 Å². The van der Waals surface area contributed by atoms with E-state index in [9.17, 15) is 0 Å².